The number of rotatable bonds is 63. The van der Waals surface area contributed by atoms with Gasteiger partial charge >= 0.3 is 17.9 Å². The number of ether oxygens (including phenoxy) is 3. The van der Waals surface area contributed by atoms with Crippen molar-refractivity contribution in [2.24, 2.45) is 0 Å². The monoisotopic (exact) mass is 1140 g/mol. The van der Waals surface area contributed by atoms with Gasteiger partial charge in [-0.2, -0.15) is 0 Å². The summed E-state index contributed by atoms with van der Waals surface area (Å²) in [6.45, 7) is 6.51. The van der Waals surface area contributed by atoms with Crippen LogP contribution in [-0.4, -0.2) is 37.2 Å². The molecule has 0 spiro atoms. The molecule has 0 saturated heterocycles. The Hall–Kier alpha value is -3.93. The zero-order chi connectivity index (χ0) is 59.2. The summed E-state index contributed by atoms with van der Waals surface area (Å²) in [6.07, 6.45) is 95.4. The van der Waals surface area contributed by atoms with E-state index in [0.717, 1.165) is 116 Å². The molecule has 0 aliphatic heterocycles. The molecule has 0 aromatic carbocycles. The lowest BCUT2D eigenvalue weighted by Crippen LogP contribution is -2.30. The van der Waals surface area contributed by atoms with E-state index < -0.39 is 6.10 Å². The minimum atomic E-state index is -0.801. The fourth-order valence-corrected chi connectivity index (χ4v) is 9.81. The smallest absolute Gasteiger partial charge is 0.306 e. The minimum absolute atomic E-state index is 0.0944. The Bertz CT molecular complexity index is 1640. The number of carbonyl (C=O) groups is 3. The Kier molecular flexibility index (Phi) is 66.2. The Morgan fingerprint density at radius 3 is 0.780 bits per heavy atom. The van der Waals surface area contributed by atoms with Gasteiger partial charge < -0.3 is 14.2 Å². The molecule has 1 atom stereocenters. The van der Waals surface area contributed by atoms with Crippen molar-refractivity contribution in [2.75, 3.05) is 13.2 Å². The maximum Gasteiger partial charge on any atom is 0.306 e. The molecule has 6 nitrogen and oxygen atoms in total. The van der Waals surface area contributed by atoms with Crippen LogP contribution in [0.1, 0.15) is 335 Å². The van der Waals surface area contributed by atoms with Gasteiger partial charge in [-0.3, -0.25) is 14.4 Å². The molecule has 0 aliphatic rings. The van der Waals surface area contributed by atoms with Crippen LogP contribution in [0, 0.1) is 0 Å². The third-order valence-corrected chi connectivity index (χ3v) is 15.0. The summed E-state index contributed by atoms with van der Waals surface area (Å²) in [6, 6.07) is 0. The van der Waals surface area contributed by atoms with Crippen LogP contribution in [0.2, 0.25) is 0 Å². The Balaban J connectivity index is 4.40. The van der Waals surface area contributed by atoms with Crippen LogP contribution in [0.5, 0.6) is 0 Å². The van der Waals surface area contributed by atoms with Gasteiger partial charge in [0.05, 0.1) is 0 Å². The van der Waals surface area contributed by atoms with E-state index in [4.69, 9.17) is 14.2 Å². The first-order chi connectivity index (χ1) is 40.5. The SMILES string of the molecule is CC/C=C\C/C=C\C/C=C\C/C=C\C/C=C\C/C=C\C/C=C\C/C=C\CCCCC(=O)OCC(COC(=O)CCCCCCC/C=C\CCCCCCC)OC(=O)CCCCCCCCCCCCCCCCCCCCCCCCC. The topological polar surface area (TPSA) is 78.9 Å². The summed E-state index contributed by atoms with van der Waals surface area (Å²) < 4.78 is 16.9. The predicted molar refractivity (Wildman–Crippen MR) is 357 cm³/mol. The highest BCUT2D eigenvalue weighted by atomic mass is 16.6. The molecule has 0 N–H and O–H groups in total. The maximum absolute atomic E-state index is 13.0. The van der Waals surface area contributed by atoms with Crippen molar-refractivity contribution in [2.45, 2.75) is 341 Å². The highest BCUT2D eigenvalue weighted by Gasteiger charge is 2.19. The first-order valence-electron chi connectivity index (χ1n) is 34.9. The number of esters is 3. The van der Waals surface area contributed by atoms with Gasteiger partial charge in [-0.15, -0.1) is 0 Å². The number of allylic oxidation sites excluding steroid dienone is 18. The summed E-state index contributed by atoms with van der Waals surface area (Å²) in [5, 5.41) is 0. The zero-order valence-electron chi connectivity index (χ0n) is 54.0. The standard InChI is InChI=1S/C76H130O6/c1-4-7-10-13-16-19-22-25-28-30-32-34-36-37-38-39-41-42-44-46-48-51-54-57-60-63-66-69-75(78)81-72-73(71-80-74(77)68-65-62-59-56-53-50-27-24-21-18-15-12-9-6-3)82-76(79)70-67-64-61-58-55-52-49-47-45-43-40-35-33-31-29-26-23-20-17-14-11-8-5-2/h7,10,16,19,24-25,27-28,32,34,37-38,41-42,46,48,54,57,73H,4-6,8-9,11-15,17-18,20-23,26,29-31,33,35-36,39-40,43-45,47,49-53,55-56,58-72H2,1-3H3/b10-7-,19-16-,27-24-,28-25-,34-32-,38-37-,42-41-,48-46-,57-54-. The van der Waals surface area contributed by atoms with Crippen molar-refractivity contribution in [1.82, 2.24) is 0 Å². The molecule has 0 amide bonds. The average Bonchev–Trinajstić information content (AvgIpc) is 3.48. The highest BCUT2D eigenvalue weighted by molar-refractivity contribution is 5.71. The molecule has 0 heterocycles. The van der Waals surface area contributed by atoms with E-state index in [0.29, 0.717) is 19.3 Å². The third kappa shape index (κ3) is 66.9. The molecule has 0 fully saturated rings. The molecule has 0 aromatic rings. The van der Waals surface area contributed by atoms with Crippen molar-refractivity contribution >= 4 is 17.9 Å². The minimum Gasteiger partial charge on any atom is -0.462 e. The van der Waals surface area contributed by atoms with Crippen LogP contribution in [0.3, 0.4) is 0 Å². The Morgan fingerprint density at radius 2 is 0.476 bits per heavy atom. The summed E-state index contributed by atoms with van der Waals surface area (Å²) in [7, 11) is 0. The van der Waals surface area contributed by atoms with Gasteiger partial charge in [0, 0.05) is 19.3 Å². The van der Waals surface area contributed by atoms with E-state index in [1.165, 1.54) is 180 Å². The van der Waals surface area contributed by atoms with E-state index in [-0.39, 0.29) is 31.1 Å². The van der Waals surface area contributed by atoms with E-state index in [9.17, 15) is 14.4 Å². The van der Waals surface area contributed by atoms with Crippen LogP contribution in [0.4, 0.5) is 0 Å². The second-order valence-electron chi connectivity index (χ2n) is 23.1. The van der Waals surface area contributed by atoms with E-state index in [1.54, 1.807) is 0 Å². The first-order valence-corrected chi connectivity index (χ1v) is 34.9. The van der Waals surface area contributed by atoms with Crippen molar-refractivity contribution in [3.05, 3.63) is 109 Å². The summed E-state index contributed by atoms with van der Waals surface area (Å²) in [5.74, 6) is -0.934. The van der Waals surface area contributed by atoms with Gasteiger partial charge in [0.25, 0.3) is 0 Å². The lowest BCUT2D eigenvalue weighted by atomic mass is 10.0. The first kappa shape index (κ1) is 78.1. The van der Waals surface area contributed by atoms with Gasteiger partial charge in [-0.25, -0.2) is 0 Å². The second kappa shape index (κ2) is 69.6. The van der Waals surface area contributed by atoms with E-state index in [2.05, 4.69) is 130 Å². The molecule has 6 heteroatoms. The summed E-state index contributed by atoms with van der Waals surface area (Å²) >= 11 is 0. The van der Waals surface area contributed by atoms with Crippen molar-refractivity contribution in [3.8, 4) is 0 Å². The van der Waals surface area contributed by atoms with Crippen LogP contribution in [0.25, 0.3) is 0 Å². The number of hydrogen-bond donors (Lipinski definition) is 0. The van der Waals surface area contributed by atoms with Crippen LogP contribution < -0.4 is 0 Å². The lowest BCUT2D eigenvalue weighted by Gasteiger charge is -2.18. The Morgan fingerprint density at radius 1 is 0.256 bits per heavy atom. The number of unbranched alkanes of at least 4 members (excludes halogenated alkanes) is 34. The highest BCUT2D eigenvalue weighted by Crippen LogP contribution is 2.17. The van der Waals surface area contributed by atoms with Gasteiger partial charge in [0.15, 0.2) is 6.10 Å². The van der Waals surface area contributed by atoms with Crippen LogP contribution in [0.15, 0.2) is 109 Å². The van der Waals surface area contributed by atoms with Gasteiger partial charge in [-0.05, 0) is 109 Å². The van der Waals surface area contributed by atoms with Gasteiger partial charge in [0.1, 0.15) is 13.2 Å². The van der Waals surface area contributed by atoms with E-state index >= 15 is 0 Å². The Labute approximate surface area is 508 Å². The number of carbonyl (C=O) groups excluding carboxylic acids is 3. The molecule has 0 radical (unpaired) electrons. The molecule has 1 unspecified atom stereocenters. The fraction of sp³-hybridized carbons (Fsp3) is 0.724. The second-order valence-corrected chi connectivity index (χ2v) is 23.1. The van der Waals surface area contributed by atoms with Crippen molar-refractivity contribution in [3.63, 3.8) is 0 Å². The molecular weight excluding hydrogens is 1010 g/mol. The molecule has 0 rings (SSSR count). The third-order valence-electron chi connectivity index (χ3n) is 15.0. The predicted octanol–water partition coefficient (Wildman–Crippen LogP) is 24.2. The molecule has 0 aromatic heterocycles. The quantitative estimate of drug-likeness (QED) is 0.0261. The fourth-order valence-electron chi connectivity index (χ4n) is 9.81. The number of hydrogen-bond acceptors (Lipinski definition) is 6. The molecule has 82 heavy (non-hydrogen) atoms. The van der Waals surface area contributed by atoms with E-state index in [1.807, 2.05) is 0 Å². The molecule has 470 valence electrons. The van der Waals surface area contributed by atoms with Gasteiger partial charge in [-0.1, -0.05) is 316 Å². The molecular formula is C76H130O6. The van der Waals surface area contributed by atoms with Crippen molar-refractivity contribution < 1.29 is 28.6 Å². The normalized spacial score (nSPS) is 12.8. The average molecular weight is 1140 g/mol. The summed E-state index contributed by atoms with van der Waals surface area (Å²) in [4.78, 5) is 38.4. The van der Waals surface area contributed by atoms with Crippen LogP contribution in [-0.2, 0) is 28.6 Å². The van der Waals surface area contributed by atoms with Crippen LogP contribution >= 0.6 is 0 Å². The molecule has 0 saturated carbocycles. The molecule has 0 bridgehead atoms. The summed E-state index contributed by atoms with van der Waals surface area (Å²) in [5.41, 5.74) is 0. The van der Waals surface area contributed by atoms with Gasteiger partial charge in [0.2, 0.25) is 0 Å². The largest absolute Gasteiger partial charge is 0.462 e. The lowest BCUT2D eigenvalue weighted by molar-refractivity contribution is -0.167. The van der Waals surface area contributed by atoms with Crippen molar-refractivity contribution in [1.29, 1.82) is 0 Å². The zero-order valence-corrected chi connectivity index (χ0v) is 54.0. The molecule has 0 aliphatic carbocycles. The maximum atomic E-state index is 13.0.